The molecule has 0 spiro atoms. The maximum Gasteiger partial charge on any atom is 0.309 e. The summed E-state index contributed by atoms with van der Waals surface area (Å²) >= 11 is 0. The number of allylic oxidation sites excluding steroid dienone is 1. The number of fused-ring (bicyclic) bond motifs is 7. The lowest BCUT2D eigenvalue weighted by Gasteiger charge is -2.72. The summed E-state index contributed by atoms with van der Waals surface area (Å²) in [7, 11) is 0. The van der Waals surface area contributed by atoms with Crippen LogP contribution in [0, 0.1) is 56.7 Å². The van der Waals surface area contributed by atoms with E-state index in [1.165, 1.54) is 5.57 Å². The maximum atomic E-state index is 12.8. The molecule has 196 valence electrons. The van der Waals surface area contributed by atoms with Crippen molar-refractivity contribution < 1.29 is 20.2 Å². The first-order valence-electron chi connectivity index (χ1n) is 14.1. The smallest absolute Gasteiger partial charge is 0.309 e. The van der Waals surface area contributed by atoms with E-state index in [0.717, 1.165) is 69.9 Å². The third-order valence-electron chi connectivity index (χ3n) is 13.5. The number of oxime groups is 1. The molecule has 0 aliphatic heterocycles. The van der Waals surface area contributed by atoms with Gasteiger partial charge in [-0.05, 0) is 117 Å². The first kappa shape index (κ1) is 25.3. The summed E-state index contributed by atoms with van der Waals surface area (Å²) in [5, 5.41) is 34.5. The highest BCUT2D eigenvalue weighted by molar-refractivity contribution is 5.91. The highest BCUT2D eigenvalue weighted by atomic mass is 16.4. The van der Waals surface area contributed by atoms with Crippen molar-refractivity contribution in [2.45, 2.75) is 98.8 Å². The number of hydrogen-bond acceptors (Lipinski definition) is 4. The van der Waals surface area contributed by atoms with Crippen molar-refractivity contribution in [2.75, 3.05) is 6.61 Å². The Bertz CT molecular complexity index is 960. The van der Waals surface area contributed by atoms with Gasteiger partial charge in [-0.1, -0.05) is 45.0 Å². The molecule has 0 aromatic carbocycles. The van der Waals surface area contributed by atoms with Gasteiger partial charge in [-0.3, -0.25) is 4.79 Å². The molecule has 35 heavy (non-hydrogen) atoms. The lowest BCUT2D eigenvalue weighted by molar-refractivity contribution is -0.232. The number of aliphatic hydroxyl groups is 1. The molecule has 5 nitrogen and oxygen atoms in total. The number of rotatable bonds is 3. The van der Waals surface area contributed by atoms with Crippen LogP contribution in [0.3, 0.4) is 0 Å². The zero-order valence-corrected chi connectivity index (χ0v) is 22.6. The van der Waals surface area contributed by atoms with Gasteiger partial charge in [0.1, 0.15) is 0 Å². The summed E-state index contributed by atoms with van der Waals surface area (Å²) in [5.41, 5.74) is 1.22. The average Bonchev–Trinajstić information content (AvgIpc) is 3.21. The zero-order valence-electron chi connectivity index (χ0n) is 22.6. The quantitative estimate of drug-likeness (QED) is 0.241. The van der Waals surface area contributed by atoms with E-state index in [4.69, 9.17) is 0 Å². The van der Waals surface area contributed by atoms with Gasteiger partial charge in [-0.15, -0.1) is 0 Å². The number of nitrogens with zero attached hydrogens (tertiary/aromatic N) is 1. The van der Waals surface area contributed by atoms with Crippen LogP contribution >= 0.6 is 0 Å². The molecule has 0 radical (unpaired) electrons. The Labute approximate surface area is 211 Å². The van der Waals surface area contributed by atoms with Crippen molar-refractivity contribution in [3.05, 3.63) is 12.2 Å². The van der Waals surface area contributed by atoms with Crippen LogP contribution in [-0.2, 0) is 4.79 Å². The highest BCUT2D eigenvalue weighted by Gasteiger charge is 2.72. The second-order valence-electron chi connectivity index (χ2n) is 14.3. The second-order valence-corrected chi connectivity index (χ2v) is 14.3. The van der Waals surface area contributed by atoms with E-state index in [2.05, 4.69) is 46.4 Å². The van der Waals surface area contributed by atoms with Crippen LogP contribution in [0.25, 0.3) is 0 Å². The van der Waals surface area contributed by atoms with E-state index in [1.54, 1.807) is 0 Å². The normalized spacial score (nSPS) is 54.3. The minimum Gasteiger partial charge on any atom is -0.481 e. The molecule has 5 rings (SSSR count). The maximum absolute atomic E-state index is 12.8. The van der Waals surface area contributed by atoms with Gasteiger partial charge >= 0.3 is 5.97 Å². The summed E-state index contributed by atoms with van der Waals surface area (Å²) in [6.45, 7) is 16.1. The first-order chi connectivity index (χ1) is 16.4. The summed E-state index contributed by atoms with van der Waals surface area (Å²) in [5.74, 6) is 1.19. The Morgan fingerprint density at radius 2 is 1.69 bits per heavy atom. The Morgan fingerprint density at radius 3 is 2.29 bits per heavy atom. The van der Waals surface area contributed by atoms with Crippen LogP contribution in [0.4, 0.5) is 0 Å². The molecule has 0 saturated heterocycles. The number of carbonyl (C=O) groups is 1. The Hall–Kier alpha value is -1.36. The van der Waals surface area contributed by atoms with Crippen LogP contribution in [0.2, 0.25) is 0 Å². The molecule has 10 atom stereocenters. The summed E-state index contributed by atoms with van der Waals surface area (Å²) in [6, 6.07) is 0. The standard InChI is InChI=1S/C30H47NO4/c1-18(2)19-9-14-30(25(33)34)16-15-28(5)20(24(19)30)7-8-22-26(3)12-11-23(31-35)27(4,17-32)21(26)10-13-29(22,28)6/h19-22,24,32,35H,1,7-17H2,2-6H3,(H,33,34)/t19-,20+,21+,22+,24+,26-,27?,28+,29+,30-/m0/s1. The minimum atomic E-state index is -0.578. The molecule has 0 amide bonds. The van der Waals surface area contributed by atoms with E-state index in [-0.39, 0.29) is 28.8 Å². The first-order valence-corrected chi connectivity index (χ1v) is 14.1. The summed E-state index contributed by atoms with van der Waals surface area (Å²) in [4.78, 5) is 12.8. The van der Waals surface area contributed by atoms with Gasteiger partial charge in [0.2, 0.25) is 0 Å². The fraction of sp³-hybridized carbons (Fsp3) is 0.867. The number of carboxylic acid groups (broad SMARTS) is 1. The molecule has 0 heterocycles. The van der Waals surface area contributed by atoms with Crippen molar-refractivity contribution in [3.8, 4) is 0 Å². The molecule has 5 aliphatic rings. The molecular weight excluding hydrogens is 438 g/mol. The van der Waals surface area contributed by atoms with E-state index in [9.17, 15) is 20.2 Å². The number of carboxylic acids is 1. The predicted octanol–water partition coefficient (Wildman–Crippen LogP) is 6.53. The fourth-order valence-electron chi connectivity index (χ4n) is 11.5. The zero-order chi connectivity index (χ0) is 25.6. The molecule has 5 fully saturated rings. The molecule has 0 aromatic rings. The third-order valence-corrected chi connectivity index (χ3v) is 13.5. The van der Waals surface area contributed by atoms with Gasteiger partial charge in [0, 0.05) is 5.41 Å². The molecule has 5 heteroatoms. The number of aliphatic hydroxyl groups excluding tert-OH is 1. The van der Waals surface area contributed by atoms with Gasteiger partial charge in [-0.2, -0.15) is 0 Å². The molecule has 0 aromatic heterocycles. The summed E-state index contributed by atoms with van der Waals surface area (Å²) in [6.07, 6.45) is 9.67. The van der Waals surface area contributed by atoms with Gasteiger partial charge in [-0.25, -0.2) is 0 Å². The van der Waals surface area contributed by atoms with Crippen LogP contribution < -0.4 is 0 Å². The molecular formula is C30H47NO4. The highest BCUT2D eigenvalue weighted by Crippen LogP contribution is 2.77. The molecule has 1 unspecified atom stereocenters. The monoisotopic (exact) mass is 485 g/mol. The second kappa shape index (κ2) is 7.82. The van der Waals surface area contributed by atoms with Gasteiger partial charge in [0.05, 0.1) is 17.7 Å². The Balaban J connectivity index is 1.57. The van der Waals surface area contributed by atoms with Crippen molar-refractivity contribution in [3.63, 3.8) is 0 Å². The van der Waals surface area contributed by atoms with Gasteiger partial charge in [0.15, 0.2) is 0 Å². The van der Waals surface area contributed by atoms with Gasteiger partial charge in [0.25, 0.3) is 0 Å². The minimum absolute atomic E-state index is 0.0273. The lowest BCUT2D eigenvalue weighted by Crippen LogP contribution is -2.67. The van der Waals surface area contributed by atoms with E-state index >= 15 is 0 Å². The predicted molar refractivity (Wildman–Crippen MR) is 137 cm³/mol. The summed E-state index contributed by atoms with van der Waals surface area (Å²) < 4.78 is 0. The number of aliphatic carboxylic acids is 1. The fourth-order valence-corrected chi connectivity index (χ4v) is 11.5. The van der Waals surface area contributed by atoms with Crippen molar-refractivity contribution >= 4 is 11.7 Å². The lowest BCUT2D eigenvalue weighted by atomic mass is 9.32. The molecule has 3 N–H and O–H groups in total. The van der Waals surface area contributed by atoms with Crippen molar-refractivity contribution in [2.24, 2.45) is 61.8 Å². The largest absolute Gasteiger partial charge is 0.481 e. The van der Waals surface area contributed by atoms with E-state index in [1.807, 2.05) is 0 Å². The van der Waals surface area contributed by atoms with E-state index in [0.29, 0.717) is 23.7 Å². The Morgan fingerprint density at radius 1 is 0.971 bits per heavy atom. The Kier molecular flexibility index (Phi) is 5.65. The van der Waals surface area contributed by atoms with Crippen LogP contribution in [0.15, 0.2) is 17.3 Å². The van der Waals surface area contributed by atoms with E-state index < -0.39 is 16.8 Å². The molecule has 5 saturated carbocycles. The van der Waals surface area contributed by atoms with Crippen molar-refractivity contribution in [1.29, 1.82) is 0 Å². The topological polar surface area (TPSA) is 90.1 Å². The average molecular weight is 486 g/mol. The van der Waals surface area contributed by atoms with Crippen LogP contribution in [0.1, 0.15) is 98.8 Å². The van der Waals surface area contributed by atoms with Gasteiger partial charge < -0.3 is 15.4 Å². The number of hydrogen-bond donors (Lipinski definition) is 3. The molecule has 5 aliphatic carbocycles. The SMILES string of the molecule is C=C(C)[C@@H]1CC[C@]2(C(=O)O)CC[C@]3(C)[C@H](CC[C@@H]4[C@@]5(C)CCC(=NO)C(C)(CO)[C@@H]5CC[C@]43C)[C@@H]12. The van der Waals surface area contributed by atoms with Crippen molar-refractivity contribution in [1.82, 2.24) is 0 Å². The third kappa shape index (κ3) is 2.91. The van der Waals surface area contributed by atoms with Crippen LogP contribution in [0.5, 0.6) is 0 Å². The van der Waals surface area contributed by atoms with Crippen LogP contribution in [-0.4, -0.2) is 33.7 Å². The molecule has 0 bridgehead atoms.